The van der Waals surface area contributed by atoms with Crippen LogP contribution < -0.4 is 10.1 Å². The summed E-state index contributed by atoms with van der Waals surface area (Å²) in [6, 6.07) is 7.68. The van der Waals surface area contributed by atoms with Crippen LogP contribution >= 0.6 is 0 Å². The summed E-state index contributed by atoms with van der Waals surface area (Å²) in [6.07, 6.45) is 3.49. The second-order valence-corrected chi connectivity index (χ2v) is 4.58. The van der Waals surface area contributed by atoms with Crippen molar-refractivity contribution in [3.05, 3.63) is 48.0 Å². The number of carbonyl (C=O) groups excluding carboxylic acids is 1. The van der Waals surface area contributed by atoms with Gasteiger partial charge in [-0.2, -0.15) is 0 Å². The van der Waals surface area contributed by atoms with Gasteiger partial charge in [-0.25, -0.2) is 4.98 Å². The third kappa shape index (κ3) is 3.85. The molecule has 1 amide bonds. The third-order valence-corrected chi connectivity index (χ3v) is 2.92. The number of aromatic nitrogens is 2. The number of ether oxygens (including phenoxy) is 1. The first-order valence-electron chi connectivity index (χ1n) is 6.68. The van der Waals surface area contributed by atoms with Crippen molar-refractivity contribution >= 4 is 5.91 Å². The molecule has 5 nitrogen and oxygen atoms in total. The number of benzene rings is 1. The fourth-order valence-electron chi connectivity index (χ4n) is 1.85. The lowest BCUT2D eigenvalue weighted by atomic mass is 10.2. The minimum absolute atomic E-state index is 0.134. The van der Waals surface area contributed by atoms with Crippen LogP contribution in [0.4, 0.5) is 0 Å². The number of amides is 1. The molecule has 1 atom stereocenters. The maximum absolute atomic E-state index is 12.1. The molecule has 2 N–H and O–H groups in total. The van der Waals surface area contributed by atoms with E-state index >= 15 is 0 Å². The monoisotopic (exact) mass is 273 g/mol. The molecule has 0 spiro atoms. The second-order valence-electron chi connectivity index (χ2n) is 4.58. The highest BCUT2D eigenvalue weighted by Crippen LogP contribution is 2.15. The van der Waals surface area contributed by atoms with E-state index in [1.165, 1.54) is 0 Å². The van der Waals surface area contributed by atoms with Gasteiger partial charge in [0.25, 0.3) is 5.91 Å². The number of imidazole rings is 1. The first-order valence-corrected chi connectivity index (χ1v) is 6.68. The van der Waals surface area contributed by atoms with Gasteiger partial charge in [-0.05, 0) is 31.0 Å². The largest absolute Gasteiger partial charge is 0.481 e. The van der Waals surface area contributed by atoms with Crippen molar-refractivity contribution < 1.29 is 9.53 Å². The maximum Gasteiger partial charge on any atom is 0.261 e. The zero-order valence-corrected chi connectivity index (χ0v) is 11.7. The molecular weight excluding hydrogens is 254 g/mol. The summed E-state index contributed by atoms with van der Waals surface area (Å²) in [6.45, 7) is 4.29. The number of rotatable bonds is 6. The van der Waals surface area contributed by atoms with E-state index in [0.717, 1.165) is 11.4 Å². The topological polar surface area (TPSA) is 67.0 Å². The van der Waals surface area contributed by atoms with Crippen molar-refractivity contribution in [3.8, 4) is 5.75 Å². The Balaban J connectivity index is 1.92. The Labute approximate surface area is 118 Å². The standard InChI is InChI=1S/C15H19N3O2/c1-3-13(20-12-6-4-5-11(2)9-12)15(19)18-10-14-16-7-8-17-14/h4-9,13H,3,10H2,1-2H3,(H,16,17)(H,18,19)/t13-/m1/s1. The second kappa shape index (κ2) is 6.75. The molecule has 0 fully saturated rings. The Hall–Kier alpha value is -2.30. The van der Waals surface area contributed by atoms with Crippen molar-refractivity contribution in [1.82, 2.24) is 15.3 Å². The average molecular weight is 273 g/mol. The normalized spacial score (nSPS) is 11.9. The molecule has 0 unspecified atom stereocenters. The molecule has 0 saturated carbocycles. The molecule has 0 radical (unpaired) electrons. The van der Waals surface area contributed by atoms with Crippen LogP contribution in [0.1, 0.15) is 24.7 Å². The minimum Gasteiger partial charge on any atom is -0.481 e. The van der Waals surface area contributed by atoms with E-state index in [2.05, 4.69) is 15.3 Å². The highest BCUT2D eigenvalue weighted by Gasteiger charge is 2.18. The van der Waals surface area contributed by atoms with Gasteiger partial charge in [-0.3, -0.25) is 4.79 Å². The lowest BCUT2D eigenvalue weighted by molar-refractivity contribution is -0.128. The van der Waals surface area contributed by atoms with Crippen LogP contribution in [0.5, 0.6) is 5.75 Å². The van der Waals surface area contributed by atoms with E-state index in [1.807, 2.05) is 38.1 Å². The summed E-state index contributed by atoms with van der Waals surface area (Å²) in [5.74, 6) is 1.30. The van der Waals surface area contributed by atoms with E-state index < -0.39 is 6.10 Å². The van der Waals surface area contributed by atoms with Gasteiger partial charge in [0.2, 0.25) is 0 Å². The van der Waals surface area contributed by atoms with E-state index in [4.69, 9.17) is 4.74 Å². The summed E-state index contributed by atoms with van der Waals surface area (Å²) in [5, 5.41) is 2.81. The Kier molecular flexibility index (Phi) is 4.76. The summed E-state index contributed by atoms with van der Waals surface area (Å²) in [4.78, 5) is 19.1. The van der Waals surface area contributed by atoms with Crippen molar-refractivity contribution in [1.29, 1.82) is 0 Å². The van der Waals surface area contributed by atoms with Gasteiger partial charge in [-0.15, -0.1) is 0 Å². The number of carbonyl (C=O) groups is 1. The lowest BCUT2D eigenvalue weighted by Crippen LogP contribution is -2.37. The van der Waals surface area contributed by atoms with Gasteiger partial charge in [0.15, 0.2) is 6.10 Å². The highest BCUT2D eigenvalue weighted by molar-refractivity contribution is 5.80. The maximum atomic E-state index is 12.1. The summed E-state index contributed by atoms with van der Waals surface area (Å²) in [5.41, 5.74) is 1.10. The fourth-order valence-corrected chi connectivity index (χ4v) is 1.85. The van der Waals surface area contributed by atoms with Crippen molar-refractivity contribution in [3.63, 3.8) is 0 Å². The van der Waals surface area contributed by atoms with Crippen LogP contribution in [0.15, 0.2) is 36.7 Å². The predicted octanol–water partition coefficient (Wildman–Crippen LogP) is 2.19. The van der Waals surface area contributed by atoms with Crippen LogP contribution in [-0.4, -0.2) is 22.0 Å². The van der Waals surface area contributed by atoms with Crippen molar-refractivity contribution in [2.24, 2.45) is 0 Å². The Morgan fingerprint density at radius 1 is 1.50 bits per heavy atom. The molecule has 1 aromatic heterocycles. The number of hydrogen-bond donors (Lipinski definition) is 2. The molecule has 1 aromatic carbocycles. The molecule has 0 saturated heterocycles. The van der Waals surface area contributed by atoms with Crippen LogP contribution in [0.25, 0.3) is 0 Å². The highest BCUT2D eigenvalue weighted by atomic mass is 16.5. The van der Waals surface area contributed by atoms with Crippen molar-refractivity contribution in [2.45, 2.75) is 32.9 Å². The molecule has 5 heteroatoms. The van der Waals surface area contributed by atoms with Crippen LogP contribution in [0, 0.1) is 6.92 Å². The molecule has 0 aliphatic carbocycles. The molecule has 0 aliphatic heterocycles. The van der Waals surface area contributed by atoms with E-state index in [-0.39, 0.29) is 5.91 Å². The zero-order valence-electron chi connectivity index (χ0n) is 11.7. The molecule has 0 aliphatic rings. The Morgan fingerprint density at radius 3 is 3.00 bits per heavy atom. The minimum atomic E-state index is -0.494. The Morgan fingerprint density at radius 2 is 2.35 bits per heavy atom. The average Bonchev–Trinajstić information content (AvgIpc) is 2.95. The lowest BCUT2D eigenvalue weighted by Gasteiger charge is -2.17. The number of nitrogens with one attached hydrogen (secondary N) is 2. The van der Waals surface area contributed by atoms with Gasteiger partial charge in [-0.1, -0.05) is 19.1 Å². The first kappa shape index (κ1) is 14.1. The van der Waals surface area contributed by atoms with E-state index in [1.54, 1.807) is 12.4 Å². The van der Waals surface area contributed by atoms with E-state index in [0.29, 0.717) is 18.7 Å². The van der Waals surface area contributed by atoms with Gasteiger partial charge in [0.1, 0.15) is 11.6 Å². The summed E-state index contributed by atoms with van der Waals surface area (Å²) >= 11 is 0. The Bertz CT molecular complexity index is 552. The molecule has 1 heterocycles. The molecular formula is C15H19N3O2. The van der Waals surface area contributed by atoms with Crippen LogP contribution in [-0.2, 0) is 11.3 Å². The van der Waals surface area contributed by atoms with Gasteiger partial charge >= 0.3 is 0 Å². The summed E-state index contributed by atoms with van der Waals surface area (Å²) < 4.78 is 5.73. The number of hydrogen-bond acceptors (Lipinski definition) is 3. The quantitative estimate of drug-likeness (QED) is 0.847. The zero-order chi connectivity index (χ0) is 14.4. The first-order chi connectivity index (χ1) is 9.69. The van der Waals surface area contributed by atoms with Gasteiger partial charge in [0, 0.05) is 12.4 Å². The number of aromatic amines is 1. The molecule has 2 aromatic rings. The number of nitrogens with zero attached hydrogens (tertiary/aromatic N) is 1. The van der Waals surface area contributed by atoms with Crippen LogP contribution in [0.2, 0.25) is 0 Å². The molecule has 106 valence electrons. The smallest absolute Gasteiger partial charge is 0.261 e. The third-order valence-electron chi connectivity index (χ3n) is 2.92. The van der Waals surface area contributed by atoms with Gasteiger partial charge in [0.05, 0.1) is 6.54 Å². The summed E-state index contributed by atoms with van der Waals surface area (Å²) in [7, 11) is 0. The van der Waals surface area contributed by atoms with Gasteiger partial charge < -0.3 is 15.0 Å². The molecule has 20 heavy (non-hydrogen) atoms. The number of aryl methyl sites for hydroxylation is 1. The molecule has 0 bridgehead atoms. The number of H-pyrrole nitrogens is 1. The fraction of sp³-hybridized carbons (Fsp3) is 0.333. The van der Waals surface area contributed by atoms with Crippen LogP contribution in [0.3, 0.4) is 0 Å². The molecule has 2 rings (SSSR count). The van der Waals surface area contributed by atoms with E-state index in [9.17, 15) is 4.79 Å². The SMILES string of the molecule is CC[C@@H](Oc1cccc(C)c1)C(=O)NCc1ncc[nH]1. The van der Waals surface area contributed by atoms with Crippen molar-refractivity contribution in [2.75, 3.05) is 0 Å². The predicted molar refractivity (Wildman–Crippen MR) is 76.3 cm³/mol.